The van der Waals surface area contributed by atoms with Crippen molar-refractivity contribution in [1.29, 1.82) is 5.26 Å². The Labute approximate surface area is 152 Å². The summed E-state index contributed by atoms with van der Waals surface area (Å²) in [6.07, 6.45) is 0. The van der Waals surface area contributed by atoms with Gasteiger partial charge >= 0.3 is 0 Å². The van der Waals surface area contributed by atoms with Gasteiger partial charge in [0.05, 0.1) is 16.5 Å². The van der Waals surface area contributed by atoms with Crippen LogP contribution in [0.3, 0.4) is 0 Å². The number of Topliss-reactive ketones (excluding diaryl/α,β-unsaturated/α-hetero) is 1. The molecule has 0 fully saturated rings. The monoisotopic (exact) mass is 374 g/mol. The molecule has 7 heteroatoms. The molecule has 0 saturated heterocycles. The third kappa shape index (κ3) is 5.43. The summed E-state index contributed by atoms with van der Waals surface area (Å²) < 4.78 is 26.9. The fourth-order valence-corrected chi connectivity index (χ4v) is 4.16. The van der Waals surface area contributed by atoms with Crippen molar-refractivity contribution in [2.45, 2.75) is 17.6 Å². The normalized spacial score (nSPS) is 11.0. The van der Waals surface area contributed by atoms with Crippen LogP contribution in [0.4, 0.5) is 0 Å². The number of hydrogen-bond donors (Lipinski definition) is 1. The van der Waals surface area contributed by atoms with E-state index >= 15 is 0 Å². The van der Waals surface area contributed by atoms with E-state index in [0.29, 0.717) is 22.6 Å². The summed E-state index contributed by atoms with van der Waals surface area (Å²) in [4.78, 5) is 11.4. The Morgan fingerprint density at radius 1 is 1.16 bits per heavy atom. The summed E-state index contributed by atoms with van der Waals surface area (Å²) in [5, 5.41) is 9.04. The lowest BCUT2D eigenvalue weighted by molar-refractivity contribution is 0.101. The second-order valence-electron chi connectivity index (χ2n) is 5.30. The van der Waals surface area contributed by atoms with Crippen LogP contribution in [0.15, 0.2) is 53.4 Å². The minimum absolute atomic E-state index is 0.106. The van der Waals surface area contributed by atoms with Crippen LogP contribution >= 0.6 is 11.8 Å². The lowest BCUT2D eigenvalue weighted by atomic mass is 10.1. The van der Waals surface area contributed by atoms with Gasteiger partial charge in [0, 0.05) is 23.6 Å². The van der Waals surface area contributed by atoms with Gasteiger partial charge in [0.15, 0.2) is 5.78 Å². The van der Waals surface area contributed by atoms with Crippen LogP contribution in [0.5, 0.6) is 0 Å². The van der Waals surface area contributed by atoms with E-state index < -0.39 is 10.0 Å². The van der Waals surface area contributed by atoms with E-state index in [1.165, 1.54) is 31.2 Å². The van der Waals surface area contributed by atoms with E-state index in [1.807, 2.05) is 18.2 Å². The highest BCUT2D eigenvalue weighted by Crippen LogP contribution is 2.16. The molecule has 0 aliphatic carbocycles. The third-order valence-corrected chi connectivity index (χ3v) is 5.99. The van der Waals surface area contributed by atoms with Crippen LogP contribution < -0.4 is 4.72 Å². The second kappa shape index (κ2) is 8.81. The Morgan fingerprint density at radius 3 is 2.48 bits per heavy atom. The zero-order valence-corrected chi connectivity index (χ0v) is 15.4. The van der Waals surface area contributed by atoms with E-state index in [4.69, 9.17) is 5.26 Å². The van der Waals surface area contributed by atoms with Crippen molar-refractivity contribution in [2.75, 3.05) is 12.3 Å². The Morgan fingerprint density at radius 2 is 1.84 bits per heavy atom. The molecule has 0 aromatic heterocycles. The highest BCUT2D eigenvalue weighted by molar-refractivity contribution is 7.98. The number of nitrogens with one attached hydrogen (secondary N) is 1. The lowest BCUT2D eigenvalue weighted by Gasteiger charge is -2.08. The van der Waals surface area contributed by atoms with Gasteiger partial charge in [-0.05, 0) is 30.7 Å². The minimum atomic E-state index is -3.59. The number of carbonyl (C=O) groups excluding carboxylic acids is 1. The third-order valence-electron chi connectivity index (χ3n) is 3.51. The number of rotatable bonds is 8. The molecule has 2 rings (SSSR count). The first-order valence-corrected chi connectivity index (χ1v) is 10.2. The first-order valence-electron chi connectivity index (χ1n) is 7.60. The van der Waals surface area contributed by atoms with Crippen LogP contribution in [0.25, 0.3) is 0 Å². The smallest absolute Gasteiger partial charge is 0.240 e. The predicted molar refractivity (Wildman–Crippen MR) is 99.0 cm³/mol. The standard InChI is InChI=1S/C18H18N2O3S2/c1-14(21)15-6-8-18(9-7-15)25(22,23)20-10-11-24-13-17-5-3-2-4-16(17)12-19/h2-9,20H,10-11,13H2,1H3. The molecule has 2 aromatic rings. The van der Waals surface area contributed by atoms with Gasteiger partial charge in [0.1, 0.15) is 0 Å². The molecule has 2 aromatic carbocycles. The number of hydrogen-bond acceptors (Lipinski definition) is 5. The molecular formula is C18H18N2O3S2. The van der Waals surface area contributed by atoms with Gasteiger partial charge in [0.2, 0.25) is 10.0 Å². The van der Waals surface area contributed by atoms with Gasteiger partial charge < -0.3 is 0 Å². The van der Waals surface area contributed by atoms with Crippen molar-refractivity contribution in [3.05, 3.63) is 65.2 Å². The maximum atomic E-state index is 12.2. The molecule has 130 valence electrons. The molecule has 0 aliphatic rings. The largest absolute Gasteiger partial charge is 0.295 e. The lowest BCUT2D eigenvalue weighted by Crippen LogP contribution is -2.26. The Bertz CT molecular complexity index is 885. The van der Waals surface area contributed by atoms with Gasteiger partial charge in [-0.3, -0.25) is 4.79 Å². The van der Waals surface area contributed by atoms with Gasteiger partial charge in [0.25, 0.3) is 0 Å². The van der Waals surface area contributed by atoms with Gasteiger partial charge in [-0.25, -0.2) is 13.1 Å². The first-order chi connectivity index (χ1) is 11.9. The van der Waals surface area contributed by atoms with Gasteiger partial charge in [-0.2, -0.15) is 17.0 Å². The molecule has 0 amide bonds. The molecule has 1 N–H and O–H groups in total. The molecule has 0 saturated carbocycles. The fraction of sp³-hybridized carbons (Fsp3) is 0.222. The summed E-state index contributed by atoms with van der Waals surface area (Å²) in [5.74, 6) is 1.13. The molecule has 5 nitrogen and oxygen atoms in total. The molecule has 0 aliphatic heterocycles. The van der Waals surface area contributed by atoms with Gasteiger partial charge in [-0.15, -0.1) is 0 Å². The molecule has 0 heterocycles. The predicted octanol–water partition coefficient (Wildman–Crippen LogP) is 2.97. The second-order valence-corrected chi connectivity index (χ2v) is 8.17. The number of thioether (sulfide) groups is 1. The maximum absolute atomic E-state index is 12.2. The number of ketones is 1. The van der Waals surface area contributed by atoms with E-state index in [9.17, 15) is 13.2 Å². The maximum Gasteiger partial charge on any atom is 0.240 e. The van der Waals surface area contributed by atoms with Crippen LogP contribution in [-0.4, -0.2) is 26.5 Å². The Kier molecular flexibility index (Phi) is 6.76. The Balaban J connectivity index is 1.84. The zero-order valence-electron chi connectivity index (χ0n) is 13.7. The summed E-state index contributed by atoms with van der Waals surface area (Å²) in [7, 11) is -3.59. The quantitative estimate of drug-likeness (QED) is 0.567. The van der Waals surface area contributed by atoms with E-state index in [0.717, 1.165) is 5.56 Å². The highest BCUT2D eigenvalue weighted by atomic mass is 32.2. The van der Waals surface area contributed by atoms with Crippen molar-refractivity contribution in [1.82, 2.24) is 4.72 Å². The van der Waals surface area contributed by atoms with E-state index in [2.05, 4.69) is 10.8 Å². The van der Waals surface area contributed by atoms with Crippen molar-refractivity contribution < 1.29 is 13.2 Å². The van der Waals surface area contributed by atoms with Crippen LogP contribution in [-0.2, 0) is 15.8 Å². The van der Waals surface area contributed by atoms with Crippen LogP contribution in [0, 0.1) is 11.3 Å². The Hall–Kier alpha value is -2.14. The molecule has 0 spiro atoms. The molecule has 25 heavy (non-hydrogen) atoms. The van der Waals surface area contributed by atoms with Crippen molar-refractivity contribution in [3.63, 3.8) is 0 Å². The van der Waals surface area contributed by atoms with Crippen molar-refractivity contribution >= 4 is 27.6 Å². The average molecular weight is 374 g/mol. The number of sulfonamides is 1. The average Bonchev–Trinajstić information content (AvgIpc) is 2.61. The molecule has 0 radical (unpaired) electrons. The molecule has 0 atom stereocenters. The summed E-state index contributed by atoms with van der Waals surface area (Å²) >= 11 is 1.56. The van der Waals surface area contributed by atoms with Crippen molar-refractivity contribution in [2.24, 2.45) is 0 Å². The minimum Gasteiger partial charge on any atom is -0.295 e. The number of benzene rings is 2. The summed E-state index contributed by atoms with van der Waals surface area (Å²) in [6.45, 7) is 1.72. The van der Waals surface area contributed by atoms with E-state index in [1.54, 1.807) is 17.8 Å². The summed E-state index contributed by atoms with van der Waals surface area (Å²) in [5.41, 5.74) is 2.06. The fourth-order valence-electron chi connectivity index (χ4n) is 2.14. The van der Waals surface area contributed by atoms with E-state index in [-0.39, 0.29) is 17.2 Å². The molecular weight excluding hydrogens is 356 g/mol. The van der Waals surface area contributed by atoms with Crippen molar-refractivity contribution in [3.8, 4) is 6.07 Å². The molecule has 0 bridgehead atoms. The van der Waals surface area contributed by atoms with Crippen LogP contribution in [0.2, 0.25) is 0 Å². The highest BCUT2D eigenvalue weighted by Gasteiger charge is 2.13. The SMILES string of the molecule is CC(=O)c1ccc(S(=O)(=O)NCCSCc2ccccc2C#N)cc1. The number of carbonyl (C=O) groups is 1. The van der Waals surface area contributed by atoms with Crippen LogP contribution in [0.1, 0.15) is 28.4 Å². The topological polar surface area (TPSA) is 87.0 Å². The molecule has 0 unspecified atom stereocenters. The van der Waals surface area contributed by atoms with Gasteiger partial charge in [-0.1, -0.05) is 30.3 Å². The number of nitriles is 1. The zero-order chi connectivity index (χ0) is 18.3. The first kappa shape index (κ1) is 19.2. The number of nitrogens with zero attached hydrogens (tertiary/aromatic N) is 1. The summed E-state index contributed by atoms with van der Waals surface area (Å²) in [6, 6.07) is 15.4.